The number of hydrogen-bond donors (Lipinski definition) is 0. The molecule has 14 heavy (non-hydrogen) atoms. The molecule has 1 saturated heterocycles. The van der Waals surface area contributed by atoms with Crippen molar-refractivity contribution < 1.29 is 4.79 Å². The molecule has 2 rings (SSSR count). The standard InChI is InChI=1S/C9H10N2OS2/c12-9(7-3-10-6-11-4-7)8-5-13-1-2-14-8/h3-4,6,8H,1-2,5H2. The topological polar surface area (TPSA) is 42.9 Å². The Kier molecular flexibility index (Phi) is 3.42. The summed E-state index contributed by atoms with van der Waals surface area (Å²) < 4.78 is 0. The zero-order valence-electron chi connectivity index (χ0n) is 7.55. The number of ketones is 1. The number of nitrogens with zero attached hydrogens (tertiary/aromatic N) is 2. The third-order valence-corrected chi connectivity index (χ3v) is 4.71. The van der Waals surface area contributed by atoms with Crippen LogP contribution in [0.1, 0.15) is 10.4 Å². The van der Waals surface area contributed by atoms with Crippen LogP contribution in [0.5, 0.6) is 0 Å². The van der Waals surface area contributed by atoms with E-state index in [0.29, 0.717) is 5.56 Å². The fourth-order valence-electron chi connectivity index (χ4n) is 1.25. The van der Waals surface area contributed by atoms with Crippen LogP contribution in [-0.2, 0) is 0 Å². The Morgan fingerprint density at radius 3 is 2.79 bits per heavy atom. The van der Waals surface area contributed by atoms with Crippen LogP contribution in [0.4, 0.5) is 0 Å². The maximum atomic E-state index is 11.9. The summed E-state index contributed by atoms with van der Waals surface area (Å²) in [6.45, 7) is 0. The molecule has 1 aliphatic rings. The van der Waals surface area contributed by atoms with Crippen molar-refractivity contribution in [1.29, 1.82) is 0 Å². The van der Waals surface area contributed by atoms with Gasteiger partial charge in [-0.1, -0.05) is 0 Å². The quantitative estimate of drug-likeness (QED) is 0.715. The zero-order chi connectivity index (χ0) is 9.80. The van der Waals surface area contributed by atoms with Crippen LogP contribution in [0.25, 0.3) is 0 Å². The van der Waals surface area contributed by atoms with Crippen LogP contribution in [0.2, 0.25) is 0 Å². The van der Waals surface area contributed by atoms with E-state index in [9.17, 15) is 4.79 Å². The van der Waals surface area contributed by atoms with Crippen molar-refractivity contribution in [1.82, 2.24) is 9.97 Å². The Morgan fingerprint density at radius 2 is 2.14 bits per heavy atom. The fraction of sp³-hybridized carbons (Fsp3) is 0.444. The number of thioether (sulfide) groups is 2. The van der Waals surface area contributed by atoms with Crippen LogP contribution in [0, 0.1) is 0 Å². The van der Waals surface area contributed by atoms with Crippen molar-refractivity contribution in [3.63, 3.8) is 0 Å². The van der Waals surface area contributed by atoms with Crippen molar-refractivity contribution in [2.45, 2.75) is 5.25 Å². The number of aromatic nitrogens is 2. The molecular formula is C9H10N2OS2. The summed E-state index contributed by atoms with van der Waals surface area (Å²) in [5.41, 5.74) is 0.632. The molecule has 0 aromatic carbocycles. The second-order valence-electron chi connectivity index (χ2n) is 2.93. The predicted octanol–water partition coefficient (Wildman–Crippen LogP) is 1.51. The fourth-order valence-corrected chi connectivity index (χ4v) is 3.89. The second kappa shape index (κ2) is 4.79. The Balaban J connectivity index is 2.07. The van der Waals surface area contributed by atoms with E-state index in [0.717, 1.165) is 17.3 Å². The first-order chi connectivity index (χ1) is 6.88. The van der Waals surface area contributed by atoms with Crippen LogP contribution in [-0.4, -0.2) is 38.3 Å². The molecule has 0 amide bonds. The predicted molar refractivity (Wildman–Crippen MR) is 59.9 cm³/mol. The van der Waals surface area contributed by atoms with E-state index in [1.54, 1.807) is 24.2 Å². The zero-order valence-corrected chi connectivity index (χ0v) is 9.18. The van der Waals surface area contributed by atoms with Crippen LogP contribution < -0.4 is 0 Å². The molecule has 0 spiro atoms. The van der Waals surface area contributed by atoms with E-state index in [1.165, 1.54) is 6.33 Å². The van der Waals surface area contributed by atoms with Crippen LogP contribution in [0.3, 0.4) is 0 Å². The van der Waals surface area contributed by atoms with E-state index < -0.39 is 0 Å². The van der Waals surface area contributed by atoms with Crippen molar-refractivity contribution in [2.75, 3.05) is 17.3 Å². The average Bonchev–Trinajstić information content (AvgIpc) is 2.30. The van der Waals surface area contributed by atoms with Gasteiger partial charge in [-0.3, -0.25) is 4.79 Å². The van der Waals surface area contributed by atoms with Gasteiger partial charge in [-0.15, -0.1) is 11.8 Å². The lowest BCUT2D eigenvalue weighted by Crippen LogP contribution is -2.24. The van der Waals surface area contributed by atoms with Gasteiger partial charge in [0.15, 0.2) is 5.78 Å². The third kappa shape index (κ3) is 2.27. The maximum Gasteiger partial charge on any atom is 0.179 e. The van der Waals surface area contributed by atoms with Crippen LogP contribution in [0.15, 0.2) is 18.7 Å². The molecule has 1 unspecified atom stereocenters. The highest BCUT2D eigenvalue weighted by molar-refractivity contribution is 8.07. The molecule has 0 aliphatic carbocycles. The number of carbonyl (C=O) groups excluding carboxylic acids is 1. The number of hydrogen-bond acceptors (Lipinski definition) is 5. The molecule has 1 aromatic heterocycles. The van der Waals surface area contributed by atoms with Gasteiger partial charge in [0.25, 0.3) is 0 Å². The Morgan fingerprint density at radius 1 is 1.36 bits per heavy atom. The Bertz CT molecular complexity index is 312. The van der Waals surface area contributed by atoms with Gasteiger partial charge < -0.3 is 0 Å². The van der Waals surface area contributed by atoms with E-state index in [1.807, 2.05) is 11.8 Å². The molecule has 0 N–H and O–H groups in total. The summed E-state index contributed by atoms with van der Waals surface area (Å²) in [5, 5.41) is 0.0970. The lowest BCUT2D eigenvalue weighted by molar-refractivity contribution is 0.0994. The molecule has 2 heterocycles. The van der Waals surface area contributed by atoms with Crippen LogP contribution >= 0.6 is 23.5 Å². The average molecular weight is 226 g/mol. The van der Waals surface area contributed by atoms with E-state index in [2.05, 4.69) is 9.97 Å². The van der Waals surface area contributed by atoms with E-state index in [4.69, 9.17) is 0 Å². The largest absolute Gasteiger partial charge is 0.293 e. The summed E-state index contributed by atoms with van der Waals surface area (Å²) >= 11 is 3.58. The number of Topliss-reactive ketones (excluding diaryl/α,β-unsaturated/α-hetero) is 1. The lowest BCUT2D eigenvalue weighted by atomic mass is 10.2. The monoisotopic (exact) mass is 226 g/mol. The lowest BCUT2D eigenvalue weighted by Gasteiger charge is -2.19. The first kappa shape index (κ1) is 9.98. The summed E-state index contributed by atoms with van der Waals surface area (Å²) in [4.78, 5) is 19.6. The smallest absolute Gasteiger partial charge is 0.179 e. The Labute approximate surface area is 91.1 Å². The van der Waals surface area contributed by atoms with Gasteiger partial charge >= 0.3 is 0 Å². The molecule has 5 heteroatoms. The van der Waals surface area contributed by atoms with Gasteiger partial charge in [-0.2, -0.15) is 11.8 Å². The van der Waals surface area contributed by atoms with Gasteiger partial charge in [-0.05, 0) is 0 Å². The van der Waals surface area contributed by atoms with Gasteiger partial charge in [0.05, 0.1) is 10.8 Å². The molecule has 74 valence electrons. The van der Waals surface area contributed by atoms with Gasteiger partial charge in [0.1, 0.15) is 6.33 Å². The molecule has 1 fully saturated rings. The highest BCUT2D eigenvalue weighted by Gasteiger charge is 2.23. The normalized spacial score (nSPS) is 21.9. The first-order valence-electron chi connectivity index (χ1n) is 4.36. The summed E-state index contributed by atoms with van der Waals surface area (Å²) in [5.74, 6) is 3.30. The molecule has 0 bridgehead atoms. The molecule has 3 nitrogen and oxygen atoms in total. The second-order valence-corrected chi connectivity index (χ2v) is 5.39. The minimum Gasteiger partial charge on any atom is -0.293 e. The maximum absolute atomic E-state index is 11.9. The molecule has 0 saturated carbocycles. The van der Waals surface area contributed by atoms with Crippen molar-refractivity contribution in [3.8, 4) is 0 Å². The summed E-state index contributed by atoms with van der Waals surface area (Å²) in [7, 11) is 0. The van der Waals surface area contributed by atoms with Crippen molar-refractivity contribution in [2.24, 2.45) is 0 Å². The van der Waals surface area contributed by atoms with E-state index >= 15 is 0 Å². The third-order valence-electron chi connectivity index (χ3n) is 1.95. The van der Waals surface area contributed by atoms with E-state index in [-0.39, 0.29) is 11.0 Å². The molecule has 1 aliphatic heterocycles. The van der Waals surface area contributed by atoms with Gasteiger partial charge in [0.2, 0.25) is 0 Å². The van der Waals surface area contributed by atoms with Crippen molar-refractivity contribution >= 4 is 29.3 Å². The van der Waals surface area contributed by atoms with Crippen molar-refractivity contribution in [3.05, 3.63) is 24.3 Å². The summed E-state index contributed by atoms with van der Waals surface area (Å²) in [6, 6.07) is 0. The number of carbonyl (C=O) groups is 1. The number of rotatable bonds is 2. The molecular weight excluding hydrogens is 216 g/mol. The molecule has 0 radical (unpaired) electrons. The highest BCUT2D eigenvalue weighted by atomic mass is 32.2. The molecule has 1 atom stereocenters. The highest BCUT2D eigenvalue weighted by Crippen LogP contribution is 2.26. The van der Waals surface area contributed by atoms with Gasteiger partial charge in [-0.25, -0.2) is 9.97 Å². The molecule has 1 aromatic rings. The minimum absolute atomic E-state index is 0.0970. The minimum atomic E-state index is 0.0970. The first-order valence-corrected chi connectivity index (χ1v) is 6.57. The summed E-state index contributed by atoms with van der Waals surface area (Å²) in [6.07, 6.45) is 4.63. The SMILES string of the molecule is O=C(c1cncnc1)C1CSCCS1. The Hall–Kier alpha value is -0.550. The van der Waals surface area contributed by atoms with Gasteiger partial charge in [0, 0.05) is 29.7 Å².